The van der Waals surface area contributed by atoms with Crippen LogP contribution in [0.25, 0.3) is 11.3 Å². The maximum Gasteiger partial charge on any atom is 0.326 e. The number of hydrogen-bond acceptors (Lipinski definition) is 4. The van der Waals surface area contributed by atoms with Crippen LogP contribution >= 0.6 is 11.6 Å². The van der Waals surface area contributed by atoms with E-state index in [0.29, 0.717) is 22.0 Å². The van der Waals surface area contributed by atoms with Gasteiger partial charge in [-0.1, -0.05) is 48.8 Å². The highest BCUT2D eigenvalue weighted by Gasteiger charge is 2.28. The number of carboxylic acids is 1. The van der Waals surface area contributed by atoms with Crippen LogP contribution in [-0.2, 0) is 4.79 Å². The number of hydrogen-bond donors (Lipinski definition) is 2. The van der Waals surface area contributed by atoms with Gasteiger partial charge in [0.25, 0.3) is 5.91 Å². The Morgan fingerprint density at radius 1 is 1.30 bits per heavy atom. The molecule has 1 aromatic carbocycles. The van der Waals surface area contributed by atoms with E-state index >= 15 is 0 Å². The first-order chi connectivity index (χ1) is 10.8. The van der Waals surface area contributed by atoms with Gasteiger partial charge >= 0.3 is 5.97 Å². The second-order valence-corrected chi connectivity index (χ2v) is 5.88. The Kier molecular flexibility index (Phi) is 5.05. The van der Waals surface area contributed by atoms with Crippen molar-refractivity contribution in [2.75, 3.05) is 0 Å². The lowest BCUT2D eigenvalue weighted by Gasteiger charge is -2.17. The van der Waals surface area contributed by atoms with Gasteiger partial charge < -0.3 is 14.9 Å². The van der Waals surface area contributed by atoms with E-state index in [1.807, 2.05) is 0 Å². The summed E-state index contributed by atoms with van der Waals surface area (Å²) in [6.45, 7) is 5.02. The van der Waals surface area contributed by atoms with Crippen LogP contribution in [0.1, 0.15) is 30.0 Å². The summed E-state index contributed by atoms with van der Waals surface area (Å²) in [4.78, 5) is 23.8. The molecule has 7 heteroatoms. The Morgan fingerprint density at radius 3 is 2.52 bits per heavy atom. The Labute approximate surface area is 138 Å². The van der Waals surface area contributed by atoms with Gasteiger partial charge in [-0.05, 0) is 18.9 Å². The Hall–Kier alpha value is -2.34. The van der Waals surface area contributed by atoms with Crippen LogP contribution in [0.2, 0.25) is 5.02 Å². The van der Waals surface area contributed by atoms with Crippen LogP contribution in [0.4, 0.5) is 0 Å². The number of aryl methyl sites for hydroxylation is 1. The van der Waals surface area contributed by atoms with E-state index in [4.69, 9.17) is 16.1 Å². The minimum atomic E-state index is -1.10. The van der Waals surface area contributed by atoms with Gasteiger partial charge in [-0.25, -0.2) is 4.79 Å². The highest BCUT2D eigenvalue weighted by Crippen LogP contribution is 2.31. The summed E-state index contributed by atoms with van der Waals surface area (Å²) in [6, 6.07) is 5.92. The van der Waals surface area contributed by atoms with Crippen molar-refractivity contribution >= 4 is 23.5 Å². The van der Waals surface area contributed by atoms with Gasteiger partial charge in [-0.15, -0.1) is 0 Å². The molecular formula is C16H17ClN2O4. The molecule has 2 aromatic rings. The van der Waals surface area contributed by atoms with Crippen molar-refractivity contribution in [3.63, 3.8) is 0 Å². The van der Waals surface area contributed by atoms with Gasteiger partial charge in [0.1, 0.15) is 23.1 Å². The van der Waals surface area contributed by atoms with Crippen LogP contribution in [0.5, 0.6) is 0 Å². The molecule has 0 saturated carbocycles. The standard InChI is InChI=1S/C16H17ClN2O4/c1-8(2)13(16(21)22)18-15(20)12-9(3)23-19-14(12)10-6-4-5-7-11(10)17/h4-8,13H,1-3H3,(H,18,20)(H,21,22)/t13-/m1/s1. The molecule has 0 radical (unpaired) electrons. The largest absolute Gasteiger partial charge is 0.480 e. The fourth-order valence-electron chi connectivity index (χ4n) is 2.20. The fraction of sp³-hybridized carbons (Fsp3) is 0.312. The number of amides is 1. The van der Waals surface area contributed by atoms with Crippen LogP contribution in [-0.4, -0.2) is 28.2 Å². The maximum atomic E-state index is 12.5. The molecule has 0 fully saturated rings. The van der Waals surface area contributed by atoms with E-state index in [0.717, 1.165) is 0 Å². The lowest BCUT2D eigenvalue weighted by atomic mass is 10.0. The molecule has 0 unspecified atom stereocenters. The van der Waals surface area contributed by atoms with E-state index in [1.165, 1.54) is 0 Å². The number of carbonyl (C=O) groups is 2. The SMILES string of the molecule is Cc1onc(-c2ccccc2Cl)c1C(=O)N[C@@H](C(=O)O)C(C)C. The van der Waals surface area contributed by atoms with E-state index in [2.05, 4.69) is 10.5 Å². The Balaban J connectivity index is 2.41. The van der Waals surface area contributed by atoms with Crippen molar-refractivity contribution in [3.05, 3.63) is 40.6 Å². The number of rotatable bonds is 5. The number of nitrogens with zero attached hydrogens (tertiary/aromatic N) is 1. The second-order valence-electron chi connectivity index (χ2n) is 5.48. The van der Waals surface area contributed by atoms with Crippen LogP contribution in [0.3, 0.4) is 0 Å². The molecule has 0 aliphatic rings. The van der Waals surface area contributed by atoms with Gasteiger partial charge in [-0.2, -0.15) is 0 Å². The highest BCUT2D eigenvalue weighted by molar-refractivity contribution is 6.33. The third-order valence-corrected chi connectivity index (χ3v) is 3.77. The van der Waals surface area contributed by atoms with Crippen molar-refractivity contribution in [2.24, 2.45) is 5.92 Å². The first-order valence-electron chi connectivity index (χ1n) is 7.07. The number of benzene rings is 1. The summed E-state index contributed by atoms with van der Waals surface area (Å²) in [5.41, 5.74) is 1.02. The number of carboxylic acid groups (broad SMARTS) is 1. The smallest absolute Gasteiger partial charge is 0.326 e. The summed E-state index contributed by atoms with van der Waals surface area (Å²) in [6.07, 6.45) is 0. The molecular weight excluding hydrogens is 320 g/mol. The normalized spacial score (nSPS) is 12.2. The molecule has 2 rings (SSSR count). The predicted octanol–water partition coefficient (Wildman–Crippen LogP) is 3.14. The molecule has 0 aliphatic heterocycles. The third-order valence-electron chi connectivity index (χ3n) is 3.44. The fourth-order valence-corrected chi connectivity index (χ4v) is 2.43. The molecule has 122 valence electrons. The van der Waals surface area contributed by atoms with E-state index in [-0.39, 0.29) is 11.5 Å². The van der Waals surface area contributed by atoms with Gasteiger partial charge in [0.15, 0.2) is 0 Å². The Bertz CT molecular complexity index is 739. The van der Waals surface area contributed by atoms with Crippen molar-refractivity contribution in [2.45, 2.75) is 26.8 Å². The zero-order chi connectivity index (χ0) is 17.1. The zero-order valence-electron chi connectivity index (χ0n) is 13.0. The number of nitrogens with one attached hydrogen (secondary N) is 1. The molecule has 1 amide bonds. The van der Waals surface area contributed by atoms with Crippen LogP contribution in [0, 0.1) is 12.8 Å². The number of carbonyl (C=O) groups excluding carboxylic acids is 1. The highest BCUT2D eigenvalue weighted by atomic mass is 35.5. The average Bonchev–Trinajstić information content (AvgIpc) is 2.86. The van der Waals surface area contributed by atoms with Gasteiger partial charge in [0, 0.05) is 5.56 Å². The summed E-state index contributed by atoms with van der Waals surface area (Å²) in [5.74, 6) is -1.62. The molecule has 2 N–H and O–H groups in total. The van der Waals surface area contributed by atoms with E-state index in [9.17, 15) is 14.7 Å². The van der Waals surface area contributed by atoms with Crippen molar-refractivity contribution in [3.8, 4) is 11.3 Å². The van der Waals surface area contributed by atoms with Gasteiger partial charge in [0.05, 0.1) is 5.02 Å². The van der Waals surface area contributed by atoms with Crippen molar-refractivity contribution in [1.29, 1.82) is 0 Å². The topological polar surface area (TPSA) is 92.4 Å². The summed E-state index contributed by atoms with van der Waals surface area (Å²) >= 11 is 6.14. The summed E-state index contributed by atoms with van der Waals surface area (Å²) < 4.78 is 5.11. The quantitative estimate of drug-likeness (QED) is 0.875. The number of aliphatic carboxylic acids is 1. The lowest BCUT2D eigenvalue weighted by Crippen LogP contribution is -2.44. The second kappa shape index (κ2) is 6.83. The molecule has 0 aliphatic carbocycles. The van der Waals surface area contributed by atoms with Crippen LogP contribution in [0.15, 0.2) is 28.8 Å². The first-order valence-corrected chi connectivity index (χ1v) is 7.45. The molecule has 0 saturated heterocycles. The van der Waals surface area contributed by atoms with E-state index in [1.54, 1.807) is 45.0 Å². The Morgan fingerprint density at radius 2 is 1.96 bits per heavy atom. The number of halogens is 1. The minimum Gasteiger partial charge on any atom is -0.480 e. The number of aromatic nitrogens is 1. The first kappa shape index (κ1) is 17.0. The van der Waals surface area contributed by atoms with Gasteiger partial charge in [-0.3, -0.25) is 4.79 Å². The molecule has 1 aromatic heterocycles. The third kappa shape index (κ3) is 3.53. The molecule has 23 heavy (non-hydrogen) atoms. The summed E-state index contributed by atoms with van der Waals surface area (Å²) in [5, 5.41) is 16.0. The van der Waals surface area contributed by atoms with E-state index < -0.39 is 17.9 Å². The molecule has 6 nitrogen and oxygen atoms in total. The maximum absolute atomic E-state index is 12.5. The monoisotopic (exact) mass is 336 g/mol. The molecule has 0 spiro atoms. The van der Waals surface area contributed by atoms with Crippen molar-refractivity contribution in [1.82, 2.24) is 10.5 Å². The molecule has 1 heterocycles. The summed E-state index contributed by atoms with van der Waals surface area (Å²) in [7, 11) is 0. The average molecular weight is 337 g/mol. The minimum absolute atomic E-state index is 0.185. The van der Waals surface area contributed by atoms with Crippen molar-refractivity contribution < 1.29 is 19.2 Å². The molecule has 1 atom stereocenters. The molecule has 0 bridgehead atoms. The predicted molar refractivity (Wildman–Crippen MR) is 85.4 cm³/mol. The van der Waals surface area contributed by atoms with Gasteiger partial charge in [0.2, 0.25) is 0 Å². The zero-order valence-corrected chi connectivity index (χ0v) is 13.7. The van der Waals surface area contributed by atoms with Crippen LogP contribution < -0.4 is 5.32 Å². The lowest BCUT2D eigenvalue weighted by molar-refractivity contribution is -0.140.